The molecule has 1 atom stereocenters. The first-order valence-corrected chi connectivity index (χ1v) is 14.4. The molecule has 0 aliphatic heterocycles. The third kappa shape index (κ3) is 8.08. The summed E-state index contributed by atoms with van der Waals surface area (Å²) in [5, 5.41) is 2.93. The third-order valence-electron chi connectivity index (χ3n) is 6.29. The molecule has 0 heterocycles. The highest BCUT2D eigenvalue weighted by Crippen LogP contribution is 2.25. The van der Waals surface area contributed by atoms with Gasteiger partial charge in [-0.05, 0) is 70.2 Å². The maximum absolute atomic E-state index is 13.5. The number of nitrogens with zero attached hydrogens (tertiary/aromatic N) is 2. The van der Waals surface area contributed by atoms with Crippen molar-refractivity contribution in [2.75, 3.05) is 17.1 Å². The second-order valence-corrected chi connectivity index (χ2v) is 11.7. The second-order valence-electron chi connectivity index (χ2n) is 9.75. The molecule has 0 unspecified atom stereocenters. The first-order valence-electron chi connectivity index (χ1n) is 12.5. The van der Waals surface area contributed by atoms with Crippen LogP contribution in [-0.4, -0.2) is 50.0 Å². The minimum absolute atomic E-state index is 0.0382. The molecule has 8 heteroatoms. The van der Waals surface area contributed by atoms with E-state index >= 15 is 0 Å². The Labute approximate surface area is 216 Å². The van der Waals surface area contributed by atoms with Crippen molar-refractivity contribution in [1.29, 1.82) is 0 Å². The Kier molecular flexibility index (Phi) is 10.5. The summed E-state index contributed by atoms with van der Waals surface area (Å²) >= 11 is 0. The Morgan fingerprint density at radius 1 is 1.00 bits per heavy atom. The van der Waals surface area contributed by atoms with Crippen molar-refractivity contribution in [3.8, 4) is 0 Å². The first-order chi connectivity index (χ1) is 16.8. The van der Waals surface area contributed by atoms with Crippen LogP contribution in [0.1, 0.15) is 62.3 Å². The fourth-order valence-corrected chi connectivity index (χ4v) is 5.19. The van der Waals surface area contributed by atoms with Gasteiger partial charge in [0.1, 0.15) is 6.04 Å². The van der Waals surface area contributed by atoms with E-state index in [4.69, 9.17) is 0 Å². The number of aryl methyl sites for hydroxylation is 2. The maximum atomic E-state index is 13.5. The summed E-state index contributed by atoms with van der Waals surface area (Å²) in [6.45, 7) is 12.0. The van der Waals surface area contributed by atoms with Gasteiger partial charge in [-0.15, -0.1) is 0 Å². The standard InChI is InChI=1S/C28H41N3O4S/c1-8-25(28(33)29-20(2)3)30(19-24-16-14-21(4)15-17-24)27(32)13-10-18-31(36(7,34)35)26-12-9-11-22(5)23(26)6/h9,11-12,14-17,20,25H,8,10,13,18-19H2,1-7H3,(H,29,33)/t25-/m0/s1. The number of carbonyl (C=O) groups is 2. The van der Waals surface area contributed by atoms with Crippen molar-refractivity contribution in [1.82, 2.24) is 10.2 Å². The number of carbonyl (C=O) groups excluding carboxylic acids is 2. The van der Waals surface area contributed by atoms with Gasteiger partial charge in [-0.3, -0.25) is 13.9 Å². The van der Waals surface area contributed by atoms with E-state index in [1.807, 2.05) is 77.9 Å². The summed E-state index contributed by atoms with van der Waals surface area (Å²) in [4.78, 5) is 28.1. The molecular weight excluding hydrogens is 474 g/mol. The lowest BCUT2D eigenvalue weighted by atomic mass is 10.1. The Morgan fingerprint density at radius 2 is 1.64 bits per heavy atom. The average molecular weight is 516 g/mol. The van der Waals surface area contributed by atoms with Crippen molar-refractivity contribution >= 4 is 27.5 Å². The molecule has 36 heavy (non-hydrogen) atoms. The van der Waals surface area contributed by atoms with E-state index in [-0.39, 0.29) is 30.8 Å². The number of hydrogen-bond donors (Lipinski definition) is 1. The normalized spacial score (nSPS) is 12.3. The topological polar surface area (TPSA) is 86.8 Å². The summed E-state index contributed by atoms with van der Waals surface area (Å²) in [6, 6.07) is 12.8. The number of sulfonamides is 1. The summed E-state index contributed by atoms with van der Waals surface area (Å²) in [7, 11) is -3.53. The summed E-state index contributed by atoms with van der Waals surface area (Å²) in [5.41, 5.74) is 4.59. The lowest BCUT2D eigenvalue weighted by molar-refractivity contribution is -0.141. The van der Waals surface area contributed by atoms with Crippen molar-refractivity contribution in [2.45, 2.75) is 79.4 Å². The highest BCUT2D eigenvalue weighted by molar-refractivity contribution is 7.92. The Morgan fingerprint density at radius 3 is 2.19 bits per heavy atom. The fourth-order valence-electron chi connectivity index (χ4n) is 4.18. The van der Waals surface area contributed by atoms with Gasteiger partial charge in [-0.2, -0.15) is 0 Å². The van der Waals surface area contributed by atoms with E-state index in [2.05, 4.69) is 5.32 Å². The summed E-state index contributed by atoms with van der Waals surface area (Å²) < 4.78 is 26.6. The van der Waals surface area contributed by atoms with Crippen LogP contribution in [0.2, 0.25) is 0 Å². The van der Waals surface area contributed by atoms with E-state index in [0.29, 0.717) is 25.1 Å². The van der Waals surface area contributed by atoms with E-state index < -0.39 is 16.1 Å². The molecule has 2 rings (SSSR count). The molecule has 0 bridgehead atoms. The average Bonchev–Trinajstić information content (AvgIpc) is 2.78. The number of rotatable bonds is 12. The SMILES string of the molecule is CC[C@@H](C(=O)NC(C)C)N(Cc1ccc(C)cc1)C(=O)CCCN(c1cccc(C)c1C)S(C)(=O)=O. The van der Waals surface area contributed by atoms with Gasteiger partial charge in [-0.1, -0.05) is 48.9 Å². The Hall–Kier alpha value is -2.87. The lowest BCUT2D eigenvalue weighted by Crippen LogP contribution is -2.50. The molecule has 0 aliphatic rings. The van der Waals surface area contributed by atoms with Gasteiger partial charge in [0.15, 0.2) is 0 Å². The molecule has 0 aliphatic carbocycles. The molecule has 2 aromatic carbocycles. The van der Waals surface area contributed by atoms with Crippen LogP contribution in [0.15, 0.2) is 42.5 Å². The molecule has 0 spiro atoms. The Bertz CT molecular complexity index is 1140. The lowest BCUT2D eigenvalue weighted by Gasteiger charge is -2.32. The van der Waals surface area contributed by atoms with Crippen LogP contribution >= 0.6 is 0 Å². The zero-order valence-corrected chi connectivity index (χ0v) is 23.5. The molecule has 1 N–H and O–H groups in total. The molecule has 198 valence electrons. The zero-order chi connectivity index (χ0) is 27.0. The number of anilines is 1. The smallest absolute Gasteiger partial charge is 0.243 e. The van der Waals surface area contributed by atoms with Crippen molar-refractivity contribution in [3.05, 3.63) is 64.7 Å². The van der Waals surface area contributed by atoms with Crippen LogP contribution < -0.4 is 9.62 Å². The van der Waals surface area contributed by atoms with E-state index in [1.165, 1.54) is 10.6 Å². The van der Waals surface area contributed by atoms with Crippen LogP contribution in [0.25, 0.3) is 0 Å². The largest absolute Gasteiger partial charge is 0.352 e. The molecule has 0 saturated carbocycles. The molecule has 2 aromatic rings. The van der Waals surface area contributed by atoms with E-state index in [9.17, 15) is 18.0 Å². The van der Waals surface area contributed by atoms with Gasteiger partial charge in [0.25, 0.3) is 0 Å². The Balaban J connectivity index is 2.24. The van der Waals surface area contributed by atoms with Gasteiger partial charge in [-0.25, -0.2) is 8.42 Å². The number of amides is 2. The van der Waals surface area contributed by atoms with Crippen LogP contribution in [0.5, 0.6) is 0 Å². The van der Waals surface area contributed by atoms with Gasteiger partial charge in [0.2, 0.25) is 21.8 Å². The fraction of sp³-hybridized carbons (Fsp3) is 0.500. The van der Waals surface area contributed by atoms with Gasteiger partial charge in [0, 0.05) is 25.6 Å². The number of benzene rings is 2. The summed E-state index contributed by atoms with van der Waals surface area (Å²) in [5.74, 6) is -0.350. The van der Waals surface area contributed by atoms with Crippen LogP contribution in [0.4, 0.5) is 5.69 Å². The molecule has 0 aromatic heterocycles. The molecule has 2 amide bonds. The second kappa shape index (κ2) is 12.9. The quantitative estimate of drug-likeness (QED) is 0.451. The van der Waals surface area contributed by atoms with Crippen LogP contribution in [0.3, 0.4) is 0 Å². The summed E-state index contributed by atoms with van der Waals surface area (Å²) in [6.07, 6.45) is 2.14. The van der Waals surface area contributed by atoms with E-state index in [0.717, 1.165) is 22.3 Å². The highest BCUT2D eigenvalue weighted by atomic mass is 32.2. The van der Waals surface area contributed by atoms with Gasteiger partial charge in [0.05, 0.1) is 11.9 Å². The minimum atomic E-state index is -3.53. The van der Waals surface area contributed by atoms with E-state index in [1.54, 1.807) is 11.0 Å². The predicted molar refractivity (Wildman–Crippen MR) is 146 cm³/mol. The number of hydrogen-bond acceptors (Lipinski definition) is 4. The molecule has 0 fully saturated rings. The van der Waals surface area contributed by atoms with Crippen molar-refractivity contribution in [3.63, 3.8) is 0 Å². The highest BCUT2D eigenvalue weighted by Gasteiger charge is 2.29. The van der Waals surface area contributed by atoms with Gasteiger partial charge < -0.3 is 10.2 Å². The van der Waals surface area contributed by atoms with Gasteiger partial charge >= 0.3 is 0 Å². The minimum Gasteiger partial charge on any atom is -0.352 e. The molecular formula is C28H41N3O4S. The first kappa shape index (κ1) is 29.4. The monoisotopic (exact) mass is 515 g/mol. The molecule has 0 radical (unpaired) electrons. The van der Waals surface area contributed by atoms with Crippen LogP contribution in [0, 0.1) is 20.8 Å². The zero-order valence-electron chi connectivity index (χ0n) is 22.7. The maximum Gasteiger partial charge on any atom is 0.243 e. The van der Waals surface area contributed by atoms with Crippen molar-refractivity contribution in [2.24, 2.45) is 0 Å². The molecule has 7 nitrogen and oxygen atoms in total. The van der Waals surface area contributed by atoms with Crippen LogP contribution in [-0.2, 0) is 26.2 Å². The predicted octanol–water partition coefficient (Wildman–Crippen LogP) is 4.49. The molecule has 0 saturated heterocycles. The number of nitrogens with one attached hydrogen (secondary N) is 1. The third-order valence-corrected chi connectivity index (χ3v) is 7.47. The van der Waals surface area contributed by atoms with Crippen molar-refractivity contribution < 1.29 is 18.0 Å².